The fourth-order valence-corrected chi connectivity index (χ4v) is 3.56. The van der Waals surface area contributed by atoms with Gasteiger partial charge in [0.05, 0.1) is 17.4 Å². The highest BCUT2D eigenvalue weighted by Crippen LogP contribution is 2.27. The highest BCUT2D eigenvalue weighted by Gasteiger charge is 2.24. The summed E-state index contributed by atoms with van der Waals surface area (Å²) in [6, 6.07) is 6.42. The Bertz CT molecular complexity index is 1060. The summed E-state index contributed by atoms with van der Waals surface area (Å²) in [4.78, 5) is 24.6. The van der Waals surface area contributed by atoms with Crippen LogP contribution >= 0.6 is 0 Å². The summed E-state index contributed by atoms with van der Waals surface area (Å²) in [6.45, 7) is 0. The molecule has 4 rings (SSSR count). The number of carbonyl (C=O) groups excluding carboxylic acids is 1. The van der Waals surface area contributed by atoms with Crippen LogP contribution in [0.1, 0.15) is 43.5 Å². The first-order chi connectivity index (χ1) is 14.0. The number of hydrogen-bond donors (Lipinski definition) is 4. The van der Waals surface area contributed by atoms with Crippen molar-refractivity contribution in [1.29, 1.82) is 0 Å². The van der Waals surface area contributed by atoms with Crippen LogP contribution in [-0.2, 0) is 0 Å². The van der Waals surface area contributed by atoms with Crippen molar-refractivity contribution in [3.63, 3.8) is 0 Å². The lowest BCUT2D eigenvalue weighted by molar-refractivity contribution is 0.100. The maximum absolute atomic E-state index is 14.6. The number of fused-ring (bicyclic) bond motifs is 1. The van der Waals surface area contributed by atoms with Crippen molar-refractivity contribution in [3.05, 3.63) is 48.0 Å². The Morgan fingerprint density at radius 2 is 1.97 bits per heavy atom. The number of anilines is 3. The Morgan fingerprint density at radius 1 is 1.17 bits per heavy atom. The molecule has 0 saturated heterocycles. The van der Waals surface area contributed by atoms with Crippen LogP contribution in [0.15, 0.2) is 36.7 Å². The number of nitrogens with two attached hydrogens (primary N) is 2. The zero-order valence-corrected chi connectivity index (χ0v) is 15.7. The Hall–Kier alpha value is -3.33. The van der Waals surface area contributed by atoms with Gasteiger partial charge in [-0.1, -0.05) is 20.3 Å². The molecule has 0 spiro atoms. The third-order valence-corrected chi connectivity index (χ3v) is 5.10. The molecule has 9 heteroatoms. The van der Waals surface area contributed by atoms with Gasteiger partial charge in [0, 0.05) is 23.7 Å². The van der Waals surface area contributed by atoms with Crippen LogP contribution in [0.5, 0.6) is 0 Å². The smallest absolute Gasteiger partial charge is 0.252 e. The van der Waals surface area contributed by atoms with Crippen LogP contribution in [0.3, 0.4) is 0 Å². The Kier molecular flexibility index (Phi) is 6.41. The number of nitrogens with zero attached hydrogens (tertiary/aromatic N) is 3. The summed E-state index contributed by atoms with van der Waals surface area (Å²) in [5, 5.41) is 6.93. The standard InChI is InChI=1S/C20H22FN7O.CH4/c21-14-9-13(17(23)29)19(28-20(14)27-16-6-2-1-5-15(16)22)26-12-8-11-4-3-7-24-18(11)25-10-12;/h3-4,7-10,15-16H,1-2,5-6,22H2,(H2,23,29)(H2,26,27,28);1H4. The van der Waals surface area contributed by atoms with Gasteiger partial charge in [-0.15, -0.1) is 0 Å². The quantitative estimate of drug-likeness (QED) is 0.506. The SMILES string of the molecule is C.NC(=O)c1cc(F)c(NC2CCCCC2N)nc1Nc1cnc2ncccc2c1. The molecular weight excluding hydrogens is 385 g/mol. The van der Waals surface area contributed by atoms with Crippen LogP contribution in [0, 0.1) is 5.82 Å². The summed E-state index contributed by atoms with van der Waals surface area (Å²) in [5.74, 6) is -1.25. The van der Waals surface area contributed by atoms with Gasteiger partial charge >= 0.3 is 0 Å². The van der Waals surface area contributed by atoms with E-state index in [1.54, 1.807) is 18.5 Å². The van der Waals surface area contributed by atoms with E-state index in [2.05, 4.69) is 25.6 Å². The number of halogens is 1. The summed E-state index contributed by atoms with van der Waals surface area (Å²) in [6.07, 6.45) is 7.02. The fraction of sp³-hybridized carbons (Fsp3) is 0.333. The Balaban J connectivity index is 0.00000256. The predicted octanol–water partition coefficient (Wildman–Crippen LogP) is 3.32. The van der Waals surface area contributed by atoms with Crippen molar-refractivity contribution in [2.75, 3.05) is 10.6 Å². The lowest BCUT2D eigenvalue weighted by atomic mass is 9.91. The normalized spacial score (nSPS) is 18.5. The number of pyridine rings is 3. The summed E-state index contributed by atoms with van der Waals surface area (Å²) in [7, 11) is 0. The van der Waals surface area contributed by atoms with Crippen LogP contribution in [0.4, 0.5) is 21.7 Å². The molecule has 1 aliphatic carbocycles. The van der Waals surface area contributed by atoms with Crippen LogP contribution < -0.4 is 22.1 Å². The first kappa shape index (κ1) is 21.4. The molecule has 3 heterocycles. The molecule has 30 heavy (non-hydrogen) atoms. The second-order valence-corrected chi connectivity index (χ2v) is 7.18. The minimum Gasteiger partial charge on any atom is -0.365 e. The molecule has 3 aromatic rings. The molecule has 0 aliphatic heterocycles. The number of nitrogens with one attached hydrogen (secondary N) is 2. The van der Waals surface area contributed by atoms with E-state index in [9.17, 15) is 9.18 Å². The molecule has 1 saturated carbocycles. The van der Waals surface area contributed by atoms with Gasteiger partial charge in [0.2, 0.25) is 0 Å². The first-order valence-corrected chi connectivity index (χ1v) is 9.51. The van der Waals surface area contributed by atoms with Gasteiger partial charge in [-0.25, -0.2) is 19.3 Å². The Morgan fingerprint density at radius 3 is 2.73 bits per heavy atom. The number of carbonyl (C=O) groups is 1. The predicted molar refractivity (Wildman–Crippen MR) is 116 cm³/mol. The minimum atomic E-state index is -0.782. The van der Waals surface area contributed by atoms with Gasteiger partial charge in [-0.3, -0.25) is 4.79 Å². The second-order valence-electron chi connectivity index (χ2n) is 7.18. The number of rotatable bonds is 5. The molecule has 3 aromatic heterocycles. The molecule has 0 radical (unpaired) electrons. The topological polar surface area (TPSA) is 132 Å². The third kappa shape index (κ3) is 4.46. The molecule has 0 aromatic carbocycles. The number of primary amides is 1. The van der Waals surface area contributed by atoms with Crippen molar-refractivity contribution < 1.29 is 9.18 Å². The lowest BCUT2D eigenvalue weighted by Gasteiger charge is -2.30. The van der Waals surface area contributed by atoms with Gasteiger partial charge in [0.1, 0.15) is 5.82 Å². The van der Waals surface area contributed by atoms with E-state index in [0.29, 0.717) is 11.3 Å². The van der Waals surface area contributed by atoms with E-state index < -0.39 is 11.7 Å². The first-order valence-electron chi connectivity index (χ1n) is 9.51. The van der Waals surface area contributed by atoms with E-state index in [1.807, 2.05) is 12.1 Å². The van der Waals surface area contributed by atoms with Gasteiger partial charge in [0.25, 0.3) is 5.91 Å². The number of amides is 1. The lowest BCUT2D eigenvalue weighted by Crippen LogP contribution is -2.43. The molecule has 8 nitrogen and oxygen atoms in total. The van der Waals surface area contributed by atoms with Crippen molar-refractivity contribution in [1.82, 2.24) is 15.0 Å². The van der Waals surface area contributed by atoms with Gasteiger partial charge < -0.3 is 22.1 Å². The van der Waals surface area contributed by atoms with E-state index >= 15 is 0 Å². The molecule has 2 unspecified atom stereocenters. The Labute approximate surface area is 174 Å². The van der Waals surface area contributed by atoms with Gasteiger partial charge in [0.15, 0.2) is 17.3 Å². The second kappa shape index (κ2) is 9.00. The maximum Gasteiger partial charge on any atom is 0.252 e. The fourth-order valence-electron chi connectivity index (χ4n) is 3.56. The molecule has 2 atom stereocenters. The minimum absolute atomic E-state index is 0. The van der Waals surface area contributed by atoms with Crippen molar-refractivity contribution in [2.24, 2.45) is 11.5 Å². The molecule has 0 bridgehead atoms. The number of aromatic nitrogens is 3. The van der Waals surface area contributed by atoms with Crippen molar-refractivity contribution in [2.45, 2.75) is 45.2 Å². The highest BCUT2D eigenvalue weighted by atomic mass is 19.1. The van der Waals surface area contributed by atoms with Gasteiger partial charge in [-0.2, -0.15) is 0 Å². The van der Waals surface area contributed by atoms with Crippen LogP contribution in [0.2, 0.25) is 0 Å². The van der Waals surface area contributed by atoms with Crippen molar-refractivity contribution >= 4 is 34.3 Å². The average Bonchev–Trinajstić information content (AvgIpc) is 2.71. The van der Waals surface area contributed by atoms with Gasteiger partial charge in [-0.05, 0) is 37.1 Å². The highest BCUT2D eigenvalue weighted by molar-refractivity contribution is 5.98. The molecule has 1 amide bonds. The van der Waals surface area contributed by atoms with E-state index in [-0.39, 0.29) is 36.7 Å². The largest absolute Gasteiger partial charge is 0.365 e. The summed E-state index contributed by atoms with van der Waals surface area (Å²) >= 11 is 0. The maximum atomic E-state index is 14.6. The summed E-state index contributed by atoms with van der Waals surface area (Å²) in [5.41, 5.74) is 12.7. The zero-order chi connectivity index (χ0) is 20.4. The number of hydrogen-bond acceptors (Lipinski definition) is 7. The molecule has 1 aliphatic rings. The molecular formula is C21H26FN7O. The molecule has 1 fully saturated rings. The summed E-state index contributed by atoms with van der Waals surface area (Å²) < 4.78 is 14.6. The van der Waals surface area contributed by atoms with E-state index in [0.717, 1.165) is 37.1 Å². The van der Waals surface area contributed by atoms with E-state index in [1.165, 1.54) is 0 Å². The van der Waals surface area contributed by atoms with E-state index in [4.69, 9.17) is 11.5 Å². The van der Waals surface area contributed by atoms with Crippen molar-refractivity contribution in [3.8, 4) is 0 Å². The molecule has 158 valence electrons. The zero-order valence-electron chi connectivity index (χ0n) is 15.7. The average molecular weight is 411 g/mol. The molecule has 6 N–H and O–H groups in total. The van der Waals surface area contributed by atoms with Crippen LogP contribution in [0.25, 0.3) is 11.0 Å². The monoisotopic (exact) mass is 411 g/mol. The van der Waals surface area contributed by atoms with Crippen LogP contribution in [-0.4, -0.2) is 32.9 Å². The third-order valence-electron chi connectivity index (χ3n) is 5.10.